The predicted molar refractivity (Wildman–Crippen MR) is 113 cm³/mol. The highest BCUT2D eigenvalue weighted by atomic mass is 32.2. The van der Waals surface area contributed by atoms with Crippen LogP contribution in [-0.2, 0) is 27.8 Å². The van der Waals surface area contributed by atoms with Gasteiger partial charge in [0.25, 0.3) is 10.0 Å². The van der Waals surface area contributed by atoms with Crippen LogP contribution in [0.4, 0.5) is 5.69 Å². The van der Waals surface area contributed by atoms with Crippen molar-refractivity contribution < 1.29 is 17.9 Å². The van der Waals surface area contributed by atoms with Crippen LogP contribution in [0.5, 0.6) is 5.75 Å². The van der Waals surface area contributed by atoms with E-state index in [9.17, 15) is 13.2 Å². The van der Waals surface area contributed by atoms with Crippen LogP contribution in [0.25, 0.3) is 0 Å². The lowest BCUT2D eigenvalue weighted by Crippen LogP contribution is -2.50. The first-order valence-corrected chi connectivity index (χ1v) is 11.4. The van der Waals surface area contributed by atoms with Crippen molar-refractivity contribution in [3.63, 3.8) is 0 Å². The van der Waals surface area contributed by atoms with Gasteiger partial charge in [-0.2, -0.15) is 4.31 Å². The molecular formula is C21H20N2O4S2. The number of para-hydroxylation sites is 2. The number of thiophene rings is 1. The maximum atomic E-state index is 13.3. The van der Waals surface area contributed by atoms with Gasteiger partial charge in [0, 0.05) is 6.54 Å². The zero-order chi connectivity index (χ0) is 20.4. The summed E-state index contributed by atoms with van der Waals surface area (Å²) in [7, 11) is -2.28. The van der Waals surface area contributed by atoms with Crippen molar-refractivity contribution in [2.75, 3.05) is 12.4 Å². The van der Waals surface area contributed by atoms with Crippen molar-refractivity contribution in [1.82, 2.24) is 4.31 Å². The molecule has 0 spiro atoms. The first-order chi connectivity index (χ1) is 14.0. The monoisotopic (exact) mass is 428 g/mol. The van der Waals surface area contributed by atoms with Gasteiger partial charge in [0.1, 0.15) is 16.0 Å². The van der Waals surface area contributed by atoms with Gasteiger partial charge >= 0.3 is 0 Å². The minimum Gasteiger partial charge on any atom is -0.495 e. The van der Waals surface area contributed by atoms with Crippen LogP contribution in [-0.4, -0.2) is 31.8 Å². The molecule has 29 heavy (non-hydrogen) atoms. The molecule has 8 heteroatoms. The molecule has 0 radical (unpaired) electrons. The second-order valence-corrected chi connectivity index (χ2v) is 9.73. The number of hydrogen-bond donors (Lipinski definition) is 1. The van der Waals surface area contributed by atoms with Gasteiger partial charge in [-0.15, -0.1) is 11.3 Å². The Morgan fingerprint density at radius 3 is 2.52 bits per heavy atom. The smallest absolute Gasteiger partial charge is 0.253 e. The van der Waals surface area contributed by atoms with E-state index in [-0.39, 0.29) is 16.7 Å². The van der Waals surface area contributed by atoms with E-state index in [4.69, 9.17) is 4.74 Å². The summed E-state index contributed by atoms with van der Waals surface area (Å²) in [6, 6.07) is 17.1. The van der Waals surface area contributed by atoms with E-state index in [2.05, 4.69) is 5.32 Å². The van der Waals surface area contributed by atoms with Gasteiger partial charge < -0.3 is 10.1 Å². The van der Waals surface area contributed by atoms with Crippen LogP contribution in [0.15, 0.2) is 70.3 Å². The quantitative estimate of drug-likeness (QED) is 0.675. The maximum Gasteiger partial charge on any atom is 0.253 e. The number of rotatable bonds is 5. The number of sulfonamides is 1. The first-order valence-electron chi connectivity index (χ1n) is 9.06. The molecule has 6 nitrogen and oxygen atoms in total. The van der Waals surface area contributed by atoms with Crippen LogP contribution in [0.2, 0.25) is 0 Å². The van der Waals surface area contributed by atoms with Crippen molar-refractivity contribution >= 4 is 33.0 Å². The lowest BCUT2D eigenvalue weighted by molar-refractivity contribution is -0.120. The highest BCUT2D eigenvalue weighted by Gasteiger charge is 2.40. The molecule has 1 amide bonds. The highest BCUT2D eigenvalue weighted by Crippen LogP contribution is 2.32. The fraction of sp³-hybridized carbons (Fsp3) is 0.190. The molecule has 1 aromatic heterocycles. The minimum absolute atomic E-state index is 0.153. The lowest BCUT2D eigenvalue weighted by atomic mass is 9.95. The third kappa shape index (κ3) is 3.78. The normalized spacial score (nSPS) is 16.8. The van der Waals surface area contributed by atoms with E-state index in [0.717, 1.165) is 22.5 Å². The third-order valence-corrected chi connectivity index (χ3v) is 8.16. The molecule has 1 aliphatic heterocycles. The summed E-state index contributed by atoms with van der Waals surface area (Å²) in [5.41, 5.74) is 2.40. The number of anilines is 1. The average Bonchev–Trinajstić information content (AvgIpc) is 3.29. The third-order valence-electron chi connectivity index (χ3n) is 4.93. The van der Waals surface area contributed by atoms with Gasteiger partial charge in [-0.3, -0.25) is 4.79 Å². The van der Waals surface area contributed by atoms with Crippen LogP contribution in [0.3, 0.4) is 0 Å². The Kier molecular flexibility index (Phi) is 5.40. The van der Waals surface area contributed by atoms with Gasteiger partial charge in [-0.25, -0.2) is 8.42 Å². The Morgan fingerprint density at radius 1 is 1.07 bits per heavy atom. The summed E-state index contributed by atoms with van der Waals surface area (Å²) in [6.45, 7) is 0.153. The number of nitrogens with zero attached hydrogens (tertiary/aromatic N) is 1. The van der Waals surface area contributed by atoms with Crippen LogP contribution in [0, 0.1) is 0 Å². The van der Waals surface area contributed by atoms with Crippen LogP contribution >= 0.6 is 11.3 Å². The Morgan fingerprint density at radius 2 is 1.79 bits per heavy atom. The Labute approximate surface area is 173 Å². The number of carbonyl (C=O) groups is 1. The zero-order valence-corrected chi connectivity index (χ0v) is 17.4. The van der Waals surface area contributed by atoms with Crippen LogP contribution < -0.4 is 10.1 Å². The summed E-state index contributed by atoms with van der Waals surface area (Å²) in [4.78, 5) is 13.2. The second kappa shape index (κ2) is 7.98. The fourth-order valence-electron chi connectivity index (χ4n) is 3.46. The van der Waals surface area contributed by atoms with E-state index in [0.29, 0.717) is 17.9 Å². The van der Waals surface area contributed by atoms with E-state index in [1.54, 1.807) is 41.8 Å². The molecule has 3 aromatic rings. The van der Waals surface area contributed by atoms with Gasteiger partial charge in [0.2, 0.25) is 5.91 Å². The zero-order valence-electron chi connectivity index (χ0n) is 15.7. The number of carbonyl (C=O) groups excluding carboxylic acids is 1. The van der Waals surface area contributed by atoms with Crippen molar-refractivity contribution in [1.29, 1.82) is 0 Å². The van der Waals surface area contributed by atoms with Gasteiger partial charge in [0.15, 0.2) is 0 Å². The summed E-state index contributed by atoms with van der Waals surface area (Å²) >= 11 is 1.15. The number of nitrogens with one attached hydrogen (secondary N) is 1. The van der Waals surface area contributed by atoms with E-state index >= 15 is 0 Å². The summed E-state index contributed by atoms with van der Waals surface area (Å²) in [5, 5.41) is 4.56. The van der Waals surface area contributed by atoms with Gasteiger partial charge in [-0.05, 0) is 41.1 Å². The predicted octanol–water partition coefficient (Wildman–Crippen LogP) is 3.51. The molecule has 1 atom stereocenters. The van der Waals surface area contributed by atoms with Crippen molar-refractivity contribution in [3.8, 4) is 5.75 Å². The van der Waals surface area contributed by atoms with Crippen molar-refractivity contribution in [2.24, 2.45) is 0 Å². The van der Waals surface area contributed by atoms with E-state index < -0.39 is 16.1 Å². The molecule has 1 N–H and O–H groups in total. The molecule has 0 saturated carbocycles. The first kappa shape index (κ1) is 19.6. The number of ether oxygens (including phenoxy) is 1. The number of benzene rings is 2. The Balaban J connectivity index is 1.71. The molecule has 0 unspecified atom stereocenters. The Hall–Kier alpha value is -2.68. The molecule has 4 rings (SSSR count). The molecule has 0 bridgehead atoms. The molecule has 0 aliphatic carbocycles. The summed E-state index contributed by atoms with van der Waals surface area (Å²) < 4.78 is 33.4. The highest BCUT2D eigenvalue weighted by molar-refractivity contribution is 7.91. The standard InChI is InChI=1S/C21H20N2O4S2/c1-27-19-10-5-4-9-17(19)22-21(24)18-13-15-7-2-3-8-16(15)14-23(18)29(25,26)20-11-6-12-28-20/h2-12,18H,13-14H2,1H3,(H,22,24)/t18-/m0/s1. The SMILES string of the molecule is COc1ccccc1NC(=O)[C@@H]1Cc2ccccc2CN1S(=O)(=O)c1cccs1. The molecule has 0 saturated heterocycles. The number of amides is 1. The number of hydrogen-bond acceptors (Lipinski definition) is 5. The largest absolute Gasteiger partial charge is 0.495 e. The van der Waals surface area contributed by atoms with E-state index in [1.807, 2.05) is 24.3 Å². The molecule has 0 fully saturated rings. The second-order valence-electron chi connectivity index (χ2n) is 6.66. The van der Waals surface area contributed by atoms with Crippen molar-refractivity contribution in [3.05, 3.63) is 77.2 Å². The molecule has 2 heterocycles. The minimum atomic E-state index is -3.80. The molecule has 2 aromatic carbocycles. The van der Waals surface area contributed by atoms with Gasteiger partial charge in [0.05, 0.1) is 12.8 Å². The Bertz CT molecular complexity index is 1130. The van der Waals surface area contributed by atoms with Crippen LogP contribution in [0.1, 0.15) is 11.1 Å². The lowest BCUT2D eigenvalue weighted by Gasteiger charge is -2.34. The van der Waals surface area contributed by atoms with E-state index in [1.165, 1.54) is 11.4 Å². The number of fused-ring (bicyclic) bond motifs is 1. The fourth-order valence-corrected chi connectivity index (χ4v) is 6.15. The molecular weight excluding hydrogens is 408 g/mol. The molecule has 150 valence electrons. The number of methoxy groups -OCH3 is 1. The topological polar surface area (TPSA) is 75.7 Å². The molecule has 1 aliphatic rings. The maximum absolute atomic E-state index is 13.3. The van der Waals surface area contributed by atoms with Crippen molar-refractivity contribution in [2.45, 2.75) is 23.2 Å². The summed E-state index contributed by atoms with van der Waals surface area (Å²) in [6.07, 6.45) is 0.307. The van der Waals surface area contributed by atoms with Gasteiger partial charge in [-0.1, -0.05) is 42.5 Å². The average molecular weight is 429 g/mol. The summed E-state index contributed by atoms with van der Waals surface area (Å²) in [5.74, 6) is 0.133.